The van der Waals surface area contributed by atoms with Gasteiger partial charge >= 0.3 is 0 Å². The lowest BCUT2D eigenvalue weighted by molar-refractivity contribution is 0.122. The molecule has 1 aliphatic rings. The first-order chi connectivity index (χ1) is 11.3. The van der Waals surface area contributed by atoms with Gasteiger partial charge in [-0.15, -0.1) is 0 Å². The van der Waals surface area contributed by atoms with Crippen LogP contribution < -0.4 is 15.5 Å². The summed E-state index contributed by atoms with van der Waals surface area (Å²) >= 11 is 0. The zero-order chi connectivity index (χ0) is 16.3. The SMILES string of the molecule is CN=C(NCCCOC)NCc1ccc(N2CCOCC2)cc1. The van der Waals surface area contributed by atoms with Crippen LogP contribution in [0.5, 0.6) is 0 Å². The third-order valence-electron chi connectivity index (χ3n) is 3.81. The second-order valence-corrected chi connectivity index (χ2v) is 5.46. The van der Waals surface area contributed by atoms with E-state index in [9.17, 15) is 0 Å². The molecular formula is C17H28N4O2. The summed E-state index contributed by atoms with van der Waals surface area (Å²) in [6, 6.07) is 8.68. The van der Waals surface area contributed by atoms with Gasteiger partial charge in [-0.2, -0.15) is 0 Å². The number of rotatable bonds is 7. The minimum absolute atomic E-state index is 0.757. The molecule has 1 aliphatic heterocycles. The molecule has 0 bridgehead atoms. The summed E-state index contributed by atoms with van der Waals surface area (Å²) in [6.07, 6.45) is 0.964. The van der Waals surface area contributed by atoms with Crippen molar-refractivity contribution in [3.63, 3.8) is 0 Å². The van der Waals surface area contributed by atoms with Crippen molar-refractivity contribution in [3.8, 4) is 0 Å². The van der Waals surface area contributed by atoms with Crippen LogP contribution in [0, 0.1) is 0 Å². The van der Waals surface area contributed by atoms with Crippen molar-refractivity contribution < 1.29 is 9.47 Å². The number of morpholine rings is 1. The van der Waals surface area contributed by atoms with Gasteiger partial charge in [0.15, 0.2) is 5.96 Å². The molecule has 0 aliphatic carbocycles. The average Bonchev–Trinajstić information content (AvgIpc) is 2.62. The average molecular weight is 320 g/mol. The number of nitrogens with one attached hydrogen (secondary N) is 2. The maximum Gasteiger partial charge on any atom is 0.191 e. The predicted molar refractivity (Wildman–Crippen MR) is 94.2 cm³/mol. The van der Waals surface area contributed by atoms with E-state index in [1.54, 1.807) is 14.2 Å². The van der Waals surface area contributed by atoms with Gasteiger partial charge in [-0.25, -0.2) is 0 Å². The number of benzene rings is 1. The number of hydrogen-bond donors (Lipinski definition) is 2. The molecule has 0 radical (unpaired) electrons. The summed E-state index contributed by atoms with van der Waals surface area (Å²) in [4.78, 5) is 6.58. The quantitative estimate of drug-likeness (QED) is 0.449. The second-order valence-electron chi connectivity index (χ2n) is 5.46. The highest BCUT2D eigenvalue weighted by Gasteiger charge is 2.10. The van der Waals surface area contributed by atoms with E-state index < -0.39 is 0 Å². The second kappa shape index (κ2) is 10.1. The van der Waals surface area contributed by atoms with E-state index in [4.69, 9.17) is 9.47 Å². The van der Waals surface area contributed by atoms with Crippen molar-refractivity contribution in [2.45, 2.75) is 13.0 Å². The molecule has 0 unspecified atom stereocenters. The minimum Gasteiger partial charge on any atom is -0.385 e. The Morgan fingerprint density at radius 1 is 1.22 bits per heavy atom. The normalized spacial score (nSPS) is 15.6. The molecular weight excluding hydrogens is 292 g/mol. The first-order valence-corrected chi connectivity index (χ1v) is 8.18. The van der Waals surface area contributed by atoms with E-state index >= 15 is 0 Å². The van der Waals surface area contributed by atoms with Crippen LogP contribution >= 0.6 is 0 Å². The van der Waals surface area contributed by atoms with Gasteiger partial charge in [0.25, 0.3) is 0 Å². The molecule has 128 valence electrons. The Hall–Kier alpha value is -1.79. The van der Waals surface area contributed by atoms with Crippen molar-refractivity contribution >= 4 is 11.6 Å². The summed E-state index contributed by atoms with van der Waals surface area (Å²) in [5, 5.41) is 6.60. The van der Waals surface area contributed by atoms with Crippen LogP contribution in [0.1, 0.15) is 12.0 Å². The van der Waals surface area contributed by atoms with Gasteiger partial charge in [-0.1, -0.05) is 12.1 Å². The zero-order valence-corrected chi connectivity index (χ0v) is 14.2. The smallest absolute Gasteiger partial charge is 0.191 e. The lowest BCUT2D eigenvalue weighted by Crippen LogP contribution is -2.37. The van der Waals surface area contributed by atoms with Crippen molar-refractivity contribution in [1.29, 1.82) is 0 Å². The Morgan fingerprint density at radius 2 is 1.96 bits per heavy atom. The Balaban J connectivity index is 1.76. The summed E-state index contributed by atoms with van der Waals surface area (Å²) in [5.41, 5.74) is 2.50. The predicted octanol–water partition coefficient (Wildman–Crippen LogP) is 1.22. The molecule has 6 nitrogen and oxygen atoms in total. The molecule has 1 saturated heterocycles. The summed E-state index contributed by atoms with van der Waals surface area (Å²) < 4.78 is 10.4. The Morgan fingerprint density at radius 3 is 2.61 bits per heavy atom. The van der Waals surface area contributed by atoms with E-state index in [0.717, 1.165) is 58.4 Å². The third-order valence-corrected chi connectivity index (χ3v) is 3.81. The van der Waals surface area contributed by atoms with Crippen LogP contribution in [0.15, 0.2) is 29.3 Å². The number of hydrogen-bond acceptors (Lipinski definition) is 4. The van der Waals surface area contributed by atoms with Gasteiger partial charge in [0.2, 0.25) is 0 Å². The van der Waals surface area contributed by atoms with Gasteiger partial charge in [-0.05, 0) is 24.1 Å². The summed E-state index contributed by atoms with van der Waals surface area (Å²) in [5.74, 6) is 0.818. The molecule has 1 fully saturated rings. The highest BCUT2D eigenvalue weighted by Crippen LogP contribution is 2.16. The number of nitrogens with zero attached hydrogens (tertiary/aromatic N) is 2. The van der Waals surface area contributed by atoms with Gasteiger partial charge in [0.1, 0.15) is 0 Å². The molecule has 1 aromatic rings. The van der Waals surface area contributed by atoms with Crippen molar-refractivity contribution in [1.82, 2.24) is 10.6 Å². The molecule has 0 atom stereocenters. The Kier molecular flexibility index (Phi) is 7.69. The van der Waals surface area contributed by atoms with E-state index in [-0.39, 0.29) is 0 Å². The third kappa shape index (κ3) is 6.08. The topological polar surface area (TPSA) is 58.1 Å². The molecule has 0 aromatic heterocycles. The van der Waals surface area contributed by atoms with Crippen molar-refractivity contribution in [2.24, 2.45) is 4.99 Å². The van der Waals surface area contributed by atoms with Crippen LogP contribution in [-0.4, -0.2) is 59.6 Å². The number of methoxy groups -OCH3 is 1. The fraction of sp³-hybridized carbons (Fsp3) is 0.588. The van der Waals surface area contributed by atoms with E-state index in [0.29, 0.717) is 0 Å². The maximum atomic E-state index is 5.39. The van der Waals surface area contributed by atoms with Crippen LogP contribution in [0.25, 0.3) is 0 Å². The number of ether oxygens (including phenoxy) is 2. The highest BCUT2D eigenvalue weighted by atomic mass is 16.5. The molecule has 6 heteroatoms. The van der Waals surface area contributed by atoms with Crippen LogP contribution in [0.2, 0.25) is 0 Å². The Labute approximate surface area is 138 Å². The number of anilines is 1. The number of aliphatic imine (C=N–C) groups is 1. The minimum atomic E-state index is 0.757. The fourth-order valence-corrected chi connectivity index (χ4v) is 2.48. The molecule has 0 saturated carbocycles. The van der Waals surface area contributed by atoms with E-state index in [2.05, 4.69) is 44.8 Å². The molecule has 2 rings (SSSR count). The molecule has 1 heterocycles. The first kappa shape index (κ1) is 17.6. The lowest BCUT2D eigenvalue weighted by atomic mass is 10.2. The molecule has 23 heavy (non-hydrogen) atoms. The van der Waals surface area contributed by atoms with Gasteiger partial charge < -0.3 is 25.0 Å². The standard InChI is InChI=1S/C17H28N4O2/c1-18-17(19-8-3-11-22-2)20-14-15-4-6-16(7-5-15)21-9-12-23-13-10-21/h4-7H,3,8-14H2,1-2H3,(H2,18,19,20). The lowest BCUT2D eigenvalue weighted by Gasteiger charge is -2.28. The van der Waals surface area contributed by atoms with Crippen molar-refractivity contribution in [3.05, 3.63) is 29.8 Å². The van der Waals surface area contributed by atoms with E-state index in [1.165, 1.54) is 11.3 Å². The first-order valence-electron chi connectivity index (χ1n) is 8.18. The molecule has 1 aromatic carbocycles. The molecule has 2 N–H and O–H groups in total. The number of guanidine groups is 1. The van der Waals surface area contributed by atoms with Gasteiger partial charge in [0, 0.05) is 52.6 Å². The van der Waals surface area contributed by atoms with E-state index in [1.807, 2.05) is 0 Å². The fourth-order valence-electron chi connectivity index (χ4n) is 2.48. The largest absolute Gasteiger partial charge is 0.385 e. The highest BCUT2D eigenvalue weighted by molar-refractivity contribution is 5.79. The monoisotopic (exact) mass is 320 g/mol. The van der Waals surface area contributed by atoms with Crippen LogP contribution in [-0.2, 0) is 16.0 Å². The van der Waals surface area contributed by atoms with Crippen LogP contribution in [0.3, 0.4) is 0 Å². The molecule has 0 amide bonds. The zero-order valence-electron chi connectivity index (χ0n) is 14.2. The summed E-state index contributed by atoms with van der Waals surface area (Å²) in [7, 11) is 3.50. The Bertz CT molecular complexity index is 470. The molecule has 0 spiro atoms. The van der Waals surface area contributed by atoms with Gasteiger partial charge in [0.05, 0.1) is 13.2 Å². The summed E-state index contributed by atoms with van der Waals surface area (Å²) in [6.45, 7) is 5.93. The van der Waals surface area contributed by atoms with Crippen LogP contribution in [0.4, 0.5) is 5.69 Å². The van der Waals surface area contributed by atoms with Gasteiger partial charge in [-0.3, -0.25) is 4.99 Å². The van der Waals surface area contributed by atoms with Crippen molar-refractivity contribution in [2.75, 3.05) is 58.5 Å². The maximum absolute atomic E-state index is 5.39.